The third kappa shape index (κ3) is 34.1. The van der Waals surface area contributed by atoms with Gasteiger partial charge < -0.3 is 89.9 Å². The first kappa shape index (κ1) is 81.0. The van der Waals surface area contributed by atoms with E-state index in [2.05, 4.69) is 55.6 Å². The van der Waals surface area contributed by atoms with E-state index >= 15 is 0 Å². The fourth-order valence-electron chi connectivity index (χ4n) is 11.8. The van der Waals surface area contributed by atoms with Crippen molar-refractivity contribution in [2.45, 2.75) is 362 Å². The largest absolute Gasteiger partial charge is 0.394 e. The van der Waals surface area contributed by atoms with Crippen LogP contribution in [0.1, 0.15) is 258 Å². The predicted octanol–water partition coefficient (Wildman–Crippen LogP) is 9.39. The third-order valence-electron chi connectivity index (χ3n) is 17.6. The van der Waals surface area contributed by atoms with E-state index in [1.807, 2.05) is 6.08 Å². The lowest BCUT2D eigenvalue weighted by atomic mass is 9.96. The van der Waals surface area contributed by atoms with Crippen LogP contribution in [-0.4, -0.2) is 193 Å². The number of carbonyl (C=O) groups is 1. The lowest BCUT2D eigenvalue weighted by molar-refractivity contribution is -0.379. The third-order valence-corrected chi connectivity index (χ3v) is 17.6. The van der Waals surface area contributed by atoms with Crippen molar-refractivity contribution in [3.63, 3.8) is 0 Å². The lowest BCUT2D eigenvalue weighted by Crippen LogP contribution is -2.66. The van der Waals surface area contributed by atoms with Gasteiger partial charge in [-0.2, -0.15) is 0 Å². The molecule has 0 aromatic carbocycles. The topological polar surface area (TPSA) is 307 Å². The van der Waals surface area contributed by atoms with Crippen LogP contribution in [0.15, 0.2) is 48.6 Å². The molecule has 0 saturated carbocycles. The van der Waals surface area contributed by atoms with Crippen molar-refractivity contribution in [1.29, 1.82) is 0 Å². The Morgan fingerprint density at radius 1 is 0.404 bits per heavy atom. The van der Waals surface area contributed by atoms with Crippen LogP contribution in [0.5, 0.6) is 0 Å². The normalized spacial score (nSPS) is 28.5. The minimum absolute atomic E-state index is 0.218. The molecular weight excluding hydrogens is 1140 g/mol. The highest BCUT2D eigenvalue weighted by Crippen LogP contribution is 2.33. The number of rotatable bonds is 54. The summed E-state index contributed by atoms with van der Waals surface area (Å²) in [6.45, 7) is 1.64. The van der Waals surface area contributed by atoms with E-state index in [-0.39, 0.29) is 18.9 Å². The van der Waals surface area contributed by atoms with Crippen molar-refractivity contribution in [1.82, 2.24) is 5.32 Å². The van der Waals surface area contributed by atoms with E-state index in [1.54, 1.807) is 6.08 Å². The Hall–Kier alpha value is -2.25. The number of aliphatic hydroxyl groups is 11. The first-order valence-corrected chi connectivity index (χ1v) is 35.4. The summed E-state index contributed by atoms with van der Waals surface area (Å²) in [7, 11) is 0. The van der Waals surface area contributed by atoms with Gasteiger partial charge in [0.1, 0.15) is 73.2 Å². The van der Waals surface area contributed by atoms with Crippen LogP contribution >= 0.6 is 0 Å². The molecule has 1 amide bonds. The maximum Gasteiger partial charge on any atom is 0.220 e. The number of hydrogen-bond acceptors (Lipinski definition) is 18. The van der Waals surface area contributed by atoms with Gasteiger partial charge in [0.25, 0.3) is 0 Å². The Bertz CT molecular complexity index is 1800. The number of amides is 1. The van der Waals surface area contributed by atoms with Gasteiger partial charge in [-0.15, -0.1) is 0 Å². The second-order valence-corrected chi connectivity index (χ2v) is 25.3. The van der Waals surface area contributed by atoms with Crippen LogP contribution < -0.4 is 5.32 Å². The summed E-state index contributed by atoms with van der Waals surface area (Å²) >= 11 is 0. The smallest absolute Gasteiger partial charge is 0.220 e. The SMILES string of the molecule is CCC/C=C\C/C=C\CCCCCCCC(=O)NC(COC1OC(CO)C(OC2OC(CO)C(OC3OC(CO)C(O)C(O)C3O)C(O)C2O)C(O)C1O)C(O)/C=C/CC/C=C/CCCCCCCCCCCCCCCCCCCCCCCCCCC. The zero-order valence-corrected chi connectivity index (χ0v) is 54.9. The van der Waals surface area contributed by atoms with Crippen LogP contribution in [0.2, 0.25) is 0 Å². The molecule has 19 nitrogen and oxygen atoms in total. The molecule has 3 aliphatic heterocycles. The fourth-order valence-corrected chi connectivity index (χ4v) is 11.8. The molecule has 17 unspecified atom stereocenters. The van der Waals surface area contributed by atoms with Crippen LogP contribution in [0, 0.1) is 0 Å². The molecule has 3 saturated heterocycles. The van der Waals surface area contributed by atoms with Crippen LogP contribution in [-0.2, 0) is 33.2 Å². The molecule has 12 N–H and O–H groups in total. The molecule has 3 aliphatic rings. The minimum Gasteiger partial charge on any atom is -0.394 e. The van der Waals surface area contributed by atoms with Gasteiger partial charge in [0.15, 0.2) is 18.9 Å². The summed E-state index contributed by atoms with van der Waals surface area (Å²) < 4.78 is 34.3. The van der Waals surface area contributed by atoms with Crippen molar-refractivity contribution in [2.24, 2.45) is 0 Å². The highest BCUT2D eigenvalue weighted by Gasteiger charge is 2.53. The molecule has 3 heterocycles. The average Bonchev–Trinajstić information content (AvgIpc) is 2.38. The van der Waals surface area contributed by atoms with Crippen molar-refractivity contribution < 1.29 is 89.4 Å². The molecule has 3 fully saturated rings. The molecular formula is C70H127NO18. The quantitative estimate of drug-likeness (QED) is 0.0199. The zero-order valence-electron chi connectivity index (χ0n) is 54.9. The summed E-state index contributed by atoms with van der Waals surface area (Å²) in [5.74, 6) is -0.300. The molecule has 0 aromatic rings. The minimum atomic E-state index is -1.98. The first-order chi connectivity index (χ1) is 43.3. The molecule has 520 valence electrons. The van der Waals surface area contributed by atoms with Crippen LogP contribution in [0.3, 0.4) is 0 Å². The van der Waals surface area contributed by atoms with Gasteiger partial charge in [-0.3, -0.25) is 4.79 Å². The number of nitrogens with one attached hydrogen (secondary N) is 1. The first-order valence-electron chi connectivity index (χ1n) is 35.4. The molecule has 0 radical (unpaired) electrons. The number of aliphatic hydroxyl groups excluding tert-OH is 11. The molecule has 0 aromatic heterocycles. The fraction of sp³-hybridized carbons (Fsp3) is 0.871. The average molecular weight is 1270 g/mol. The van der Waals surface area contributed by atoms with E-state index in [0.717, 1.165) is 70.6 Å². The van der Waals surface area contributed by atoms with Crippen molar-refractivity contribution in [2.75, 3.05) is 26.4 Å². The van der Waals surface area contributed by atoms with Crippen LogP contribution in [0.25, 0.3) is 0 Å². The number of hydrogen-bond donors (Lipinski definition) is 12. The monoisotopic (exact) mass is 1270 g/mol. The van der Waals surface area contributed by atoms with Gasteiger partial charge in [0, 0.05) is 6.42 Å². The Balaban J connectivity index is 1.40. The van der Waals surface area contributed by atoms with Crippen LogP contribution in [0.4, 0.5) is 0 Å². The molecule has 17 atom stereocenters. The van der Waals surface area contributed by atoms with E-state index in [1.165, 1.54) is 154 Å². The molecule has 3 rings (SSSR count). The van der Waals surface area contributed by atoms with Crippen molar-refractivity contribution in [3.8, 4) is 0 Å². The lowest BCUT2D eigenvalue weighted by Gasteiger charge is -2.48. The number of ether oxygens (including phenoxy) is 6. The number of carbonyl (C=O) groups excluding carboxylic acids is 1. The van der Waals surface area contributed by atoms with E-state index in [4.69, 9.17) is 28.4 Å². The number of allylic oxidation sites excluding steroid dienone is 7. The van der Waals surface area contributed by atoms with Crippen molar-refractivity contribution in [3.05, 3.63) is 48.6 Å². The molecule has 0 spiro atoms. The van der Waals surface area contributed by atoms with Crippen molar-refractivity contribution >= 4 is 5.91 Å². The molecule has 19 heteroatoms. The highest BCUT2D eigenvalue weighted by atomic mass is 16.8. The Morgan fingerprint density at radius 3 is 1.24 bits per heavy atom. The van der Waals surface area contributed by atoms with Gasteiger partial charge in [0.05, 0.1) is 38.6 Å². The van der Waals surface area contributed by atoms with Gasteiger partial charge in [0.2, 0.25) is 5.91 Å². The van der Waals surface area contributed by atoms with E-state index in [9.17, 15) is 61.0 Å². The summed E-state index contributed by atoms with van der Waals surface area (Å²) in [6, 6.07) is -0.998. The highest BCUT2D eigenvalue weighted by molar-refractivity contribution is 5.76. The Kier molecular flexibility index (Phi) is 47.4. The van der Waals surface area contributed by atoms with Gasteiger partial charge in [-0.05, 0) is 57.8 Å². The number of unbranched alkanes of at least 4 members (excludes halogenated alkanes) is 32. The predicted molar refractivity (Wildman–Crippen MR) is 346 cm³/mol. The summed E-state index contributed by atoms with van der Waals surface area (Å²) in [4.78, 5) is 13.3. The summed E-state index contributed by atoms with van der Waals surface area (Å²) in [5.41, 5.74) is 0. The second-order valence-electron chi connectivity index (χ2n) is 25.3. The summed E-state index contributed by atoms with van der Waals surface area (Å²) in [6.07, 6.45) is 35.5. The maximum absolute atomic E-state index is 13.3. The van der Waals surface area contributed by atoms with E-state index in [0.29, 0.717) is 12.8 Å². The maximum atomic E-state index is 13.3. The van der Waals surface area contributed by atoms with Gasteiger partial charge in [-0.1, -0.05) is 242 Å². The Labute approximate surface area is 535 Å². The Morgan fingerprint density at radius 2 is 0.775 bits per heavy atom. The van der Waals surface area contributed by atoms with E-state index < -0.39 is 124 Å². The molecule has 0 bridgehead atoms. The second kappa shape index (κ2) is 52.1. The molecule has 89 heavy (non-hydrogen) atoms. The zero-order chi connectivity index (χ0) is 64.7. The molecule has 0 aliphatic carbocycles. The standard InChI is InChI=1S/C70H127NO18/c1-3-5-7-9-11-13-15-17-18-19-20-21-22-23-24-25-26-27-28-29-30-31-32-33-34-36-37-39-41-43-45-47-54(75)53(71-58(76)48-46-44-42-40-38-35-16-14-12-10-8-6-4-2)52-84-68-64(82)61(79)66(56(50-73)86-68)89-70-65(83)62(80)67(57(51-74)87-70)88-69-63(81)60(78)59(77)55(49-72)85-69/h8,10,14,16,37,39,45,47,53-57,59-70,72-75,77-83H,3-7,9,11-13,15,17-36,38,40-44,46,48-52H2,1-2H3,(H,71,76)/b10-8-,16-14-,39-37+,47-45+. The van der Waals surface area contributed by atoms with Gasteiger partial charge in [-0.25, -0.2) is 0 Å². The summed E-state index contributed by atoms with van der Waals surface area (Å²) in [5, 5.41) is 120. The van der Waals surface area contributed by atoms with Gasteiger partial charge >= 0.3 is 0 Å².